The summed E-state index contributed by atoms with van der Waals surface area (Å²) in [5, 5.41) is 15.9. The average molecular weight is 329 g/mol. The summed E-state index contributed by atoms with van der Waals surface area (Å²) in [6.07, 6.45) is 2.39. The van der Waals surface area contributed by atoms with E-state index in [1.165, 1.54) is 18.9 Å². The Labute approximate surface area is 136 Å². The molecule has 23 heavy (non-hydrogen) atoms. The van der Waals surface area contributed by atoms with Gasteiger partial charge in [-0.15, -0.1) is 0 Å². The van der Waals surface area contributed by atoms with Gasteiger partial charge in [0.05, 0.1) is 22.7 Å². The molecule has 0 amide bonds. The molecule has 0 saturated heterocycles. The van der Waals surface area contributed by atoms with Crippen LogP contribution in [0.3, 0.4) is 0 Å². The van der Waals surface area contributed by atoms with Crippen LogP contribution in [0.2, 0.25) is 5.15 Å². The van der Waals surface area contributed by atoms with Crippen LogP contribution >= 0.6 is 11.6 Å². The van der Waals surface area contributed by atoms with Crippen LogP contribution in [0.25, 0.3) is 10.9 Å². The third-order valence-electron chi connectivity index (χ3n) is 4.05. The Bertz CT molecular complexity index is 918. The number of hydrogen-bond donors (Lipinski definition) is 0. The number of aromatic nitrogens is 3. The maximum atomic E-state index is 11.2. The lowest BCUT2D eigenvalue weighted by molar-refractivity contribution is -0.383. The Morgan fingerprint density at radius 1 is 1.26 bits per heavy atom. The second-order valence-electron chi connectivity index (χ2n) is 5.70. The minimum absolute atomic E-state index is 0.0292. The van der Waals surface area contributed by atoms with Gasteiger partial charge in [0, 0.05) is 17.7 Å². The molecule has 1 saturated carbocycles. The van der Waals surface area contributed by atoms with Gasteiger partial charge >= 0.3 is 0 Å². The van der Waals surface area contributed by atoms with Crippen LogP contribution in [0.1, 0.15) is 30.1 Å². The number of nitro groups is 1. The third kappa shape index (κ3) is 2.55. The molecule has 116 valence electrons. The first kappa shape index (κ1) is 14.1. The summed E-state index contributed by atoms with van der Waals surface area (Å²) in [7, 11) is 0. The third-order valence-corrected chi connectivity index (χ3v) is 4.31. The summed E-state index contributed by atoms with van der Waals surface area (Å²) in [6.45, 7) is 0.435. The minimum Gasteiger partial charge on any atom is -0.258 e. The molecule has 0 radical (unpaired) electrons. The molecular formula is C16H13ClN4O2. The van der Waals surface area contributed by atoms with E-state index in [2.05, 4.69) is 10.1 Å². The van der Waals surface area contributed by atoms with Gasteiger partial charge in [0.15, 0.2) is 5.15 Å². The maximum Gasteiger partial charge on any atom is 0.281 e. The van der Waals surface area contributed by atoms with Gasteiger partial charge in [0.2, 0.25) is 0 Å². The quantitative estimate of drug-likeness (QED) is 0.537. The normalized spacial score (nSPS) is 14.3. The van der Waals surface area contributed by atoms with E-state index in [1.54, 1.807) is 16.8 Å². The molecule has 2 heterocycles. The minimum atomic E-state index is -0.438. The van der Waals surface area contributed by atoms with Crippen LogP contribution in [0, 0.1) is 10.1 Å². The smallest absolute Gasteiger partial charge is 0.258 e. The summed E-state index contributed by atoms with van der Waals surface area (Å²) >= 11 is 6.13. The fourth-order valence-electron chi connectivity index (χ4n) is 2.78. The zero-order valence-corrected chi connectivity index (χ0v) is 12.9. The van der Waals surface area contributed by atoms with Crippen LogP contribution in [0.15, 0.2) is 36.4 Å². The standard InChI is InChI=1S/C16H13ClN4O2/c17-16-15-13(5-2-6-14(15)21(22)23)20(19-16)9-11-3-1-4-12(18-11)10-7-8-10/h1-6,10H,7-9H2. The number of pyridine rings is 1. The molecule has 1 aromatic carbocycles. The molecule has 0 bridgehead atoms. The lowest BCUT2D eigenvalue weighted by Gasteiger charge is -2.05. The molecule has 2 aromatic heterocycles. The van der Waals surface area contributed by atoms with Crippen molar-refractivity contribution in [3.05, 3.63) is 63.1 Å². The monoisotopic (exact) mass is 328 g/mol. The lowest BCUT2D eigenvalue weighted by atomic mass is 10.2. The van der Waals surface area contributed by atoms with Crippen molar-refractivity contribution in [3.8, 4) is 0 Å². The first-order valence-electron chi connectivity index (χ1n) is 7.39. The van der Waals surface area contributed by atoms with Crippen molar-refractivity contribution in [2.75, 3.05) is 0 Å². The zero-order valence-electron chi connectivity index (χ0n) is 12.1. The summed E-state index contributed by atoms with van der Waals surface area (Å²) in [6, 6.07) is 10.8. The van der Waals surface area contributed by atoms with Crippen molar-refractivity contribution >= 4 is 28.2 Å². The largest absolute Gasteiger partial charge is 0.281 e. The van der Waals surface area contributed by atoms with Gasteiger partial charge in [0.1, 0.15) is 5.39 Å². The predicted octanol–water partition coefficient (Wildman–Crippen LogP) is 3.92. The van der Waals surface area contributed by atoms with E-state index >= 15 is 0 Å². The van der Waals surface area contributed by atoms with Gasteiger partial charge in [-0.1, -0.05) is 23.7 Å². The first-order chi connectivity index (χ1) is 11.1. The van der Waals surface area contributed by atoms with Crippen molar-refractivity contribution < 1.29 is 4.92 Å². The van der Waals surface area contributed by atoms with Crippen LogP contribution in [-0.4, -0.2) is 19.7 Å². The number of non-ortho nitro benzene ring substituents is 1. The van der Waals surface area contributed by atoms with E-state index in [9.17, 15) is 10.1 Å². The summed E-state index contributed by atoms with van der Waals surface area (Å²) in [4.78, 5) is 15.4. The van der Waals surface area contributed by atoms with Crippen molar-refractivity contribution in [3.63, 3.8) is 0 Å². The molecule has 1 fully saturated rings. The van der Waals surface area contributed by atoms with E-state index in [0.29, 0.717) is 23.4 Å². The van der Waals surface area contributed by atoms with Crippen molar-refractivity contribution in [1.29, 1.82) is 0 Å². The summed E-state index contributed by atoms with van der Waals surface area (Å²) in [5.74, 6) is 0.578. The van der Waals surface area contributed by atoms with E-state index in [0.717, 1.165) is 11.4 Å². The number of benzene rings is 1. The average Bonchev–Trinajstić information content (AvgIpc) is 3.34. The molecule has 0 N–H and O–H groups in total. The second kappa shape index (κ2) is 5.31. The summed E-state index contributed by atoms with van der Waals surface area (Å²) < 4.78 is 1.67. The number of rotatable bonds is 4. The van der Waals surface area contributed by atoms with Gasteiger partial charge in [-0.05, 0) is 31.0 Å². The molecule has 0 unspecified atom stereocenters. The molecule has 4 rings (SSSR count). The van der Waals surface area contributed by atoms with Gasteiger partial charge in [-0.2, -0.15) is 5.10 Å². The molecule has 0 spiro atoms. The molecule has 7 heteroatoms. The Balaban J connectivity index is 1.76. The van der Waals surface area contributed by atoms with Crippen LogP contribution in [0.4, 0.5) is 5.69 Å². The number of halogens is 1. The first-order valence-corrected chi connectivity index (χ1v) is 7.76. The highest BCUT2D eigenvalue weighted by Crippen LogP contribution is 2.39. The predicted molar refractivity (Wildman–Crippen MR) is 86.7 cm³/mol. The molecule has 6 nitrogen and oxygen atoms in total. The van der Waals surface area contributed by atoms with E-state index < -0.39 is 4.92 Å². The molecule has 1 aliphatic rings. The number of hydrogen-bond acceptors (Lipinski definition) is 4. The highest BCUT2D eigenvalue weighted by Gasteiger charge is 2.25. The van der Waals surface area contributed by atoms with Gasteiger partial charge in [-0.25, -0.2) is 0 Å². The Hall–Kier alpha value is -2.47. The SMILES string of the molecule is O=[N+]([O-])c1cccc2c1c(Cl)nn2Cc1cccc(C2CC2)n1. The van der Waals surface area contributed by atoms with Crippen LogP contribution < -0.4 is 0 Å². The van der Waals surface area contributed by atoms with E-state index in [-0.39, 0.29) is 10.8 Å². The van der Waals surface area contributed by atoms with Crippen molar-refractivity contribution in [2.45, 2.75) is 25.3 Å². The summed E-state index contributed by atoms with van der Waals surface area (Å²) in [5.41, 5.74) is 2.60. The number of nitro benzene ring substituents is 1. The molecule has 0 aliphatic heterocycles. The van der Waals surface area contributed by atoms with Gasteiger partial charge in [-0.3, -0.25) is 19.8 Å². The lowest BCUT2D eigenvalue weighted by Crippen LogP contribution is -2.04. The van der Waals surface area contributed by atoms with E-state index in [4.69, 9.17) is 11.6 Å². The molecule has 3 aromatic rings. The van der Waals surface area contributed by atoms with Crippen LogP contribution in [-0.2, 0) is 6.54 Å². The second-order valence-corrected chi connectivity index (χ2v) is 6.06. The number of fused-ring (bicyclic) bond motifs is 1. The van der Waals surface area contributed by atoms with Crippen molar-refractivity contribution in [2.24, 2.45) is 0 Å². The molecule has 0 atom stereocenters. The molecule has 1 aliphatic carbocycles. The molecular weight excluding hydrogens is 316 g/mol. The Morgan fingerprint density at radius 2 is 2.04 bits per heavy atom. The fourth-order valence-corrected chi connectivity index (χ4v) is 3.07. The fraction of sp³-hybridized carbons (Fsp3) is 0.250. The topological polar surface area (TPSA) is 73.8 Å². The highest BCUT2D eigenvalue weighted by atomic mass is 35.5. The van der Waals surface area contributed by atoms with Gasteiger partial charge in [0.25, 0.3) is 5.69 Å². The Morgan fingerprint density at radius 3 is 2.78 bits per heavy atom. The van der Waals surface area contributed by atoms with E-state index in [1.807, 2.05) is 18.2 Å². The van der Waals surface area contributed by atoms with Gasteiger partial charge < -0.3 is 0 Å². The van der Waals surface area contributed by atoms with Crippen molar-refractivity contribution in [1.82, 2.24) is 14.8 Å². The number of nitrogens with zero attached hydrogens (tertiary/aromatic N) is 4. The highest BCUT2D eigenvalue weighted by molar-refractivity contribution is 6.35. The maximum absolute atomic E-state index is 11.2. The zero-order chi connectivity index (χ0) is 16.0. The Kier molecular flexibility index (Phi) is 3.27. The van der Waals surface area contributed by atoms with Crippen LogP contribution in [0.5, 0.6) is 0 Å².